The van der Waals surface area contributed by atoms with Crippen LogP contribution in [0.2, 0.25) is 0 Å². The minimum atomic E-state index is 0. The van der Waals surface area contributed by atoms with Crippen molar-refractivity contribution in [2.75, 3.05) is 26.2 Å². The van der Waals surface area contributed by atoms with E-state index in [0.29, 0.717) is 13.2 Å². The van der Waals surface area contributed by atoms with Crippen LogP contribution < -0.4 is 15.4 Å². The molecule has 0 amide bonds. The van der Waals surface area contributed by atoms with Crippen LogP contribution in [-0.2, 0) is 0 Å². The zero-order chi connectivity index (χ0) is 14.5. The number of nitrogens with one attached hydrogen (secondary N) is 2. The fourth-order valence-corrected chi connectivity index (χ4v) is 1.67. The number of unbranched alkanes of at least 4 members (excludes halogenated alkanes) is 2. The number of nitrogens with zero attached hydrogens (tertiary/aromatic N) is 2. The first-order chi connectivity index (χ1) is 9.86. The summed E-state index contributed by atoms with van der Waals surface area (Å²) in [6.45, 7) is 7.30. The summed E-state index contributed by atoms with van der Waals surface area (Å²) in [4.78, 5) is 8.53. The van der Waals surface area contributed by atoms with E-state index in [1.54, 1.807) is 12.4 Å². The van der Waals surface area contributed by atoms with Crippen LogP contribution in [0, 0.1) is 0 Å². The molecule has 0 radical (unpaired) electrons. The van der Waals surface area contributed by atoms with E-state index in [4.69, 9.17) is 4.74 Å². The van der Waals surface area contributed by atoms with E-state index in [1.807, 2.05) is 12.1 Å². The van der Waals surface area contributed by atoms with Gasteiger partial charge in [-0.2, -0.15) is 0 Å². The van der Waals surface area contributed by atoms with E-state index in [9.17, 15) is 0 Å². The van der Waals surface area contributed by atoms with Gasteiger partial charge in [-0.1, -0.05) is 19.8 Å². The quantitative estimate of drug-likeness (QED) is 0.287. The highest BCUT2D eigenvalue weighted by Gasteiger charge is 1.97. The van der Waals surface area contributed by atoms with Crippen molar-refractivity contribution in [3.63, 3.8) is 0 Å². The summed E-state index contributed by atoms with van der Waals surface area (Å²) in [7, 11) is 0. The lowest BCUT2D eigenvalue weighted by Gasteiger charge is -2.11. The molecule has 1 aromatic rings. The molecule has 0 aliphatic rings. The first kappa shape index (κ1) is 19.9. The van der Waals surface area contributed by atoms with Gasteiger partial charge in [0.2, 0.25) is 0 Å². The van der Waals surface area contributed by atoms with Crippen molar-refractivity contribution in [1.29, 1.82) is 0 Å². The van der Waals surface area contributed by atoms with E-state index >= 15 is 0 Å². The van der Waals surface area contributed by atoms with Gasteiger partial charge < -0.3 is 15.4 Å². The van der Waals surface area contributed by atoms with E-state index in [1.165, 1.54) is 12.8 Å². The average Bonchev–Trinajstić information content (AvgIpc) is 2.49. The Labute approximate surface area is 145 Å². The molecule has 1 heterocycles. The molecular formula is C15H27IN4O. The van der Waals surface area contributed by atoms with Crippen molar-refractivity contribution in [1.82, 2.24) is 15.6 Å². The van der Waals surface area contributed by atoms with Crippen LogP contribution in [0.15, 0.2) is 29.5 Å². The van der Waals surface area contributed by atoms with Gasteiger partial charge in [-0.15, -0.1) is 24.0 Å². The van der Waals surface area contributed by atoms with Crippen LogP contribution in [0.3, 0.4) is 0 Å². The summed E-state index contributed by atoms with van der Waals surface area (Å²) in [5, 5.41) is 6.49. The molecule has 21 heavy (non-hydrogen) atoms. The molecule has 0 bridgehead atoms. The van der Waals surface area contributed by atoms with Crippen molar-refractivity contribution in [3.8, 4) is 5.75 Å². The lowest BCUT2D eigenvalue weighted by Crippen LogP contribution is -2.39. The smallest absolute Gasteiger partial charge is 0.191 e. The standard InChI is InChI=1S/C15H26N4O.HI/c1-3-5-6-10-18-15(17-4-2)19-11-12-20-14-8-7-9-16-13-14;/h7-9,13H,3-6,10-12H2,1-2H3,(H2,17,18,19);1H. The van der Waals surface area contributed by atoms with Gasteiger partial charge in [0.1, 0.15) is 12.4 Å². The number of hydrogen-bond donors (Lipinski definition) is 2. The van der Waals surface area contributed by atoms with Gasteiger partial charge in [0.25, 0.3) is 0 Å². The lowest BCUT2D eigenvalue weighted by atomic mass is 10.2. The van der Waals surface area contributed by atoms with Gasteiger partial charge in [-0.3, -0.25) is 9.98 Å². The predicted molar refractivity (Wildman–Crippen MR) is 98.7 cm³/mol. The van der Waals surface area contributed by atoms with E-state index in [-0.39, 0.29) is 24.0 Å². The number of pyridine rings is 1. The SMILES string of the molecule is CCCCCN=C(NCC)NCCOc1cccnc1.I. The zero-order valence-electron chi connectivity index (χ0n) is 13.0. The van der Waals surface area contributed by atoms with Crippen LogP contribution in [-0.4, -0.2) is 37.2 Å². The Balaban J connectivity index is 0.00000400. The Morgan fingerprint density at radius 3 is 2.81 bits per heavy atom. The summed E-state index contributed by atoms with van der Waals surface area (Å²) in [5.41, 5.74) is 0. The third kappa shape index (κ3) is 10.3. The molecule has 0 unspecified atom stereocenters. The normalized spacial score (nSPS) is 10.7. The topological polar surface area (TPSA) is 58.5 Å². The Morgan fingerprint density at radius 1 is 1.29 bits per heavy atom. The number of ether oxygens (including phenoxy) is 1. The van der Waals surface area contributed by atoms with Gasteiger partial charge in [0.05, 0.1) is 12.7 Å². The zero-order valence-corrected chi connectivity index (χ0v) is 15.3. The van der Waals surface area contributed by atoms with Gasteiger partial charge in [0.15, 0.2) is 5.96 Å². The molecule has 0 aliphatic carbocycles. The monoisotopic (exact) mass is 406 g/mol. The Kier molecular flexibility index (Phi) is 13.2. The molecule has 0 aliphatic heterocycles. The van der Waals surface area contributed by atoms with Crippen LogP contribution in [0.5, 0.6) is 5.75 Å². The van der Waals surface area contributed by atoms with Crippen LogP contribution >= 0.6 is 24.0 Å². The average molecular weight is 406 g/mol. The molecule has 5 nitrogen and oxygen atoms in total. The first-order valence-corrected chi connectivity index (χ1v) is 7.41. The lowest BCUT2D eigenvalue weighted by molar-refractivity contribution is 0.320. The number of aromatic nitrogens is 1. The fourth-order valence-electron chi connectivity index (χ4n) is 1.67. The van der Waals surface area contributed by atoms with Crippen molar-refractivity contribution in [2.45, 2.75) is 33.1 Å². The minimum Gasteiger partial charge on any atom is -0.490 e. The fraction of sp³-hybridized carbons (Fsp3) is 0.600. The predicted octanol–water partition coefficient (Wildman–Crippen LogP) is 2.82. The van der Waals surface area contributed by atoms with Crippen LogP contribution in [0.1, 0.15) is 33.1 Å². The second-order valence-corrected chi connectivity index (χ2v) is 4.43. The Hall–Kier alpha value is -1.05. The summed E-state index contributed by atoms with van der Waals surface area (Å²) in [6.07, 6.45) is 7.03. The molecule has 120 valence electrons. The van der Waals surface area contributed by atoms with Gasteiger partial charge in [-0.05, 0) is 25.5 Å². The largest absolute Gasteiger partial charge is 0.490 e. The molecule has 0 aromatic carbocycles. The van der Waals surface area contributed by atoms with Crippen molar-refractivity contribution >= 4 is 29.9 Å². The highest BCUT2D eigenvalue weighted by atomic mass is 127. The number of halogens is 1. The van der Waals surface area contributed by atoms with Crippen molar-refractivity contribution in [3.05, 3.63) is 24.5 Å². The van der Waals surface area contributed by atoms with E-state index < -0.39 is 0 Å². The van der Waals surface area contributed by atoms with E-state index in [2.05, 4.69) is 34.5 Å². The maximum absolute atomic E-state index is 5.57. The van der Waals surface area contributed by atoms with Crippen molar-refractivity contribution in [2.24, 2.45) is 4.99 Å². The van der Waals surface area contributed by atoms with Crippen LogP contribution in [0.25, 0.3) is 0 Å². The molecular weight excluding hydrogens is 379 g/mol. The van der Waals surface area contributed by atoms with Crippen molar-refractivity contribution < 1.29 is 4.74 Å². The maximum Gasteiger partial charge on any atom is 0.191 e. The van der Waals surface area contributed by atoms with Gasteiger partial charge in [-0.25, -0.2) is 0 Å². The molecule has 0 fully saturated rings. The molecule has 0 spiro atoms. The molecule has 1 rings (SSSR count). The number of hydrogen-bond acceptors (Lipinski definition) is 3. The van der Waals surface area contributed by atoms with Crippen LogP contribution in [0.4, 0.5) is 0 Å². The molecule has 0 atom stereocenters. The maximum atomic E-state index is 5.57. The van der Waals surface area contributed by atoms with Gasteiger partial charge >= 0.3 is 0 Å². The number of aliphatic imine (C=N–C) groups is 1. The highest BCUT2D eigenvalue weighted by molar-refractivity contribution is 14.0. The second kappa shape index (κ2) is 13.9. The summed E-state index contributed by atoms with van der Waals surface area (Å²) in [5.74, 6) is 1.65. The molecule has 6 heteroatoms. The second-order valence-electron chi connectivity index (χ2n) is 4.43. The number of guanidine groups is 1. The number of rotatable bonds is 9. The van der Waals surface area contributed by atoms with E-state index in [0.717, 1.165) is 31.2 Å². The van der Waals surface area contributed by atoms with Gasteiger partial charge in [0, 0.05) is 19.3 Å². The summed E-state index contributed by atoms with van der Waals surface area (Å²) >= 11 is 0. The molecule has 0 saturated carbocycles. The summed E-state index contributed by atoms with van der Waals surface area (Å²) in [6, 6.07) is 3.76. The third-order valence-corrected chi connectivity index (χ3v) is 2.67. The first-order valence-electron chi connectivity index (χ1n) is 7.41. The minimum absolute atomic E-state index is 0. The summed E-state index contributed by atoms with van der Waals surface area (Å²) < 4.78 is 5.57. The Morgan fingerprint density at radius 2 is 2.14 bits per heavy atom. The third-order valence-electron chi connectivity index (χ3n) is 2.67. The molecule has 1 aromatic heterocycles. The Bertz CT molecular complexity index is 373. The molecule has 0 saturated heterocycles. The highest BCUT2D eigenvalue weighted by Crippen LogP contribution is 2.04. The molecule has 2 N–H and O–H groups in total.